The second-order valence-corrected chi connectivity index (χ2v) is 11.4. The summed E-state index contributed by atoms with van der Waals surface area (Å²) in [6, 6.07) is 13.9. The molecule has 2 aromatic heterocycles. The number of hydrogen-bond acceptors (Lipinski definition) is 4. The van der Waals surface area contributed by atoms with E-state index >= 15 is 0 Å². The number of nitrogens with two attached hydrogens (primary N) is 2. The van der Waals surface area contributed by atoms with E-state index in [4.69, 9.17) is 11.5 Å². The number of aromatic amines is 2. The van der Waals surface area contributed by atoms with Crippen molar-refractivity contribution in [3.8, 4) is 0 Å². The van der Waals surface area contributed by atoms with Crippen molar-refractivity contribution in [3.63, 3.8) is 0 Å². The zero-order valence-electron chi connectivity index (χ0n) is 21.1. The first kappa shape index (κ1) is 23.0. The second kappa shape index (κ2) is 7.25. The number of H-pyrrole nitrogens is 2. The molecule has 2 spiro atoms. The van der Waals surface area contributed by atoms with Gasteiger partial charge < -0.3 is 9.97 Å². The molecule has 1 aliphatic carbocycles. The first-order valence-corrected chi connectivity index (χ1v) is 13.1. The number of halogens is 1. The smallest absolute Gasteiger partial charge is 0.354 e. The van der Waals surface area contributed by atoms with Crippen LogP contribution in [0.3, 0.4) is 0 Å². The van der Waals surface area contributed by atoms with Crippen LogP contribution in [-0.4, -0.2) is 74.8 Å². The molecule has 0 unspecified atom stereocenters. The first-order valence-electron chi connectivity index (χ1n) is 12.3. The van der Waals surface area contributed by atoms with Crippen LogP contribution in [0, 0.1) is 0 Å². The monoisotopic (exact) mass is 574 g/mol. The number of hydrogen-bond donors (Lipinski definition) is 5. The quantitative estimate of drug-likeness (QED) is 0.204. The number of nitrogens with zero attached hydrogens (tertiary/aromatic N) is 3. The topological polar surface area (TPSA) is 141 Å². The van der Waals surface area contributed by atoms with E-state index in [0.29, 0.717) is 12.4 Å². The van der Waals surface area contributed by atoms with Crippen molar-refractivity contribution in [1.82, 2.24) is 19.8 Å². The van der Waals surface area contributed by atoms with E-state index in [1.165, 1.54) is 9.80 Å². The van der Waals surface area contributed by atoms with Gasteiger partial charge >= 0.3 is 23.7 Å². The van der Waals surface area contributed by atoms with Gasteiger partial charge in [0.2, 0.25) is 5.54 Å². The van der Waals surface area contributed by atoms with Gasteiger partial charge in [0.05, 0.1) is 32.8 Å². The van der Waals surface area contributed by atoms with Crippen LogP contribution in [0.2, 0.25) is 0 Å². The number of carbonyl (C=O) groups excluding carboxylic acids is 2. The number of nitrogens with one attached hydrogen (secondary N) is 3. The predicted octanol–water partition coefficient (Wildman–Crippen LogP) is -0.0180. The van der Waals surface area contributed by atoms with Crippen LogP contribution in [-0.2, 0) is 21.5 Å². The molecule has 2 amide bonds. The summed E-state index contributed by atoms with van der Waals surface area (Å²) in [6.45, 7) is 0. The molecule has 192 valence electrons. The van der Waals surface area contributed by atoms with Gasteiger partial charge in [0.1, 0.15) is 0 Å². The fourth-order valence-corrected chi connectivity index (χ4v) is 7.39. The van der Waals surface area contributed by atoms with E-state index in [1.807, 2.05) is 60.3 Å². The molecule has 2 aromatic carbocycles. The summed E-state index contributed by atoms with van der Waals surface area (Å²) in [4.78, 5) is 42.2. The van der Waals surface area contributed by atoms with Crippen LogP contribution in [0.1, 0.15) is 22.7 Å². The summed E-state index contributed by atoms with van der Waals surface area (Å²) in [5, 5.41) is 1.87. The Morgan fingerprint density at radius 1 is 1.05 bits per heavy atom. The Balaban J connectivity index is 1.69. The Morgan fingerprint density at radius 3 is 2.50 bits per heavy atom. The van der Waals surface area contributed by atoms with Crippen molar-refractivity contribution >= 4 is 61.5 Å². The van der Waals surface area contributed by atoms with Crippen LogP contribution in [0.25, 0.3) is 21.8 Å². The summed E-state index contributed by atoms with van der Waals surface area (Å²) in [5.74, 6) is -0.567. The molecule has 3 aliphatic rings. The van der Waals surface area contributed by atoms with E-state index < -0.39 is 17.0 Å². The summed E-state index contributed by atoms with van der Waals surface area (Å²) in [6.07, 6.45) is 2.23. The molecule has 2 aliphatic heterocycles. The van der Waals surface area contributed by atoms with Gasteiger partial charge in [-0.3, -0.25) is 26.0 Å². The molecule has 11 heteroatoms. The van der Waals surface area contributed by atoms with Crippen LogP contribution in [0.4, 0.5) is 0 Å². The molecule has 0 saturated carbocycles. The van der Waals surface area contributed by atoms with Gasteiger partial charge in [-0.15, -0.1) is 0 Å². The van der Waals surface area contributed by atoms with Crippen LogP contribution < -0.4 is 16.5 Å². The highest BCUT2D eigenvalue weighted by molar-refractivity contribution is 9.10. The fourth-order valence-electron chi connectivity index (χ4n) is 7.03. The molecule has 0 radical (unpaired) electrons. The third kappa shape index (κ3) is 2.47. The Bertz CT molecular complexity index is 1800. The third-order valence-corrected chi connectivity index (χ3v) is 9.29. The van der Waals surface area contributed by atoms with E-state index in [9.17, 15) is 9.59 Å². The Labute approximate surface area is 226 Å². The number of para-hydroxylation sites is 1. The zero-order chi connectivity index (χ0) is 26.7. The molecular formula is C27H27BrN8O2+2. The Hall–Kier alpha value is -4.12. The predicted molar refractivity (Wildman–Crippen MR) is 146 cm³/mol. The largest absolute Gasteiger partial charge is 0.361 e. The molecule has 7 N–H and O–H groups in total. The average Bonchev–Trinajstić information content (AvgIpc) is 3.58. The van der Waals surface area contributed by atoms with Crippen LogP contribution >= 0.6 is 15.9 Å². The standard InChI is InChI=1S/C27H25BrN8O2/c1-34-22(37)26(33-24(34)29)11-16-15-9-8-13(28)10-19(15)32-21(16)27(23(38)35(2)25(30)36(27)3)20(26)17-12-31-18-7-5-4-6-14(17)18/h4-10,12,20,30-32H,11H2,1-3H3,(H2,29,33)/p+2/t20-,26-,27+/m1/s1. The van der Waals surface area contributed by atoms with Crippen molar-refractivity contribution in [2.24, 2.45) is 11.5 Å². The van der Waals surface area contributed by atoms with E-state index in [-0.39, 0.29) is 17.8 Å². The average molecular weight is 575 g/mol. The van der Waals surface area contributed by atoms with Gasteiger partial charge in [0.25, 0.3) is 0 Å². The minimum Gasteiger partial charge on any atom is -0.361 e. The fraction of sp³-hybridized carbons (Fsp3) is 0.259. The van der Waals surface area contributed by atoms with Gasteiger partial charge in [-0.2, -0.15) is 0 Å². The molecule has 10 nitrogen and oxygen atoms in total. The number of likely N-dealkylation sites (N-methyl/N-ethyl adjacent to an activating group) is 3. The lowest BCUT2D eigenvalue weighted by molar-refractivity contribution is -0.608. The number of amides is 2. The van der Waals surface area contributed by atoms with E-state index in [2.05, 4.69) is 30.9 Å². The number of aromatic nitrogens is 2. The minimum absolute atomic E-state index is 0.198. The lowest BCUT2D eigenvalue weighted by atomic mass is 9.59. The van der Waals surface area contributed by atoms with Gasteiger partial charge in [-0.25, -0.2) is 14.4 Å². The molecule has 0 saturated heterocycles. The maximum atomic E-state index is 14.6. The van der Waals surface area contributed by atoms with Gasteiger partial charge in [-0.1, -0.05) is 40.2 Å². The molecule has 4 aromatic rings. The molecule has 0 fully saturated rings. The van der Waals surface area contributed by atoms with Crippen LogP contribution in [0.15, 0.2) is 53.1 Å². The highest BCUT2D eigenvalue weighted by Crippen LogP contribution is 2.56. The Morgan fingerprint density at radius 2 is 1.82 bits per heavy atom. The summed E-state index contributed by atoms with van der Waals surface area (Å²) in [5.41, 5.74) is 14.6. The molecule has 3 atom stereocenters. The molecule has 0 bridgehead atoms. The zero-order valence-corrected chi connectivity index (χ0v) is 22.7. The van der Waals surface area contributed by atoms with Crippen molar-refractivity contribution in [3.05, 3.63) is 70.0 Å². The van der Waals surface area contributed by atoms with Crippen molar-refractivity contribution in [1.29, 1.82) is 0 Å². The summed E-state index contributed by atoms with van der Waals surface area (Å²) >= 11 is 3.57. The Kier molecular flexibility index (Phi) is 4.40. The highest BCUT2D eigenvalue weighted by Gasteiger charge is 2.75. The highest BCUT2D eigenvalue weighted by atomic mass is 79.9. The minimum atomic E-state index is -1.36. The lowest BCUT2D eigenvalue weighted by Crippen LogP contribution is -2.92. The maximum Gasteiger partial charge on any atom is 0.354 e. The number of guanidine groups is 2. The number of rotatable bonds is 1. The normalized spacial score (nSPS) is 27.1. The molecular weight excluding hydrogens is 548 g/mol. The van der Waals surface area contributed by atoms with Crippen molar-refractivity contribution in [2.45, 2.75) is 23.4 Å². The number of carbonyl (C=O) groups is 2. The van der Waals surface area contributed by atoms with E-state index in [1.54, 1.807) is 14.1 Å². The lowest BCUT2D eigenvalue weighted by Gasteiger charge is -2.45. The SMILES string of the molecule is CN1C(=O)[C@]2(Cc3c([nH]c4cc(Br)ccc34)[C@]3(C(=O)N(C)C(N)=[N+]3C)[C@@H]2c2c[nH]c3ccccc23)[NH+]=C1N. The van der Waals surface area contributed by atoms with Crippen LogP contribution in [0.5, 0.6) is 0 Å². The van der Waals surface area contributed by atoms with Crippen molar-refractivity contribution in [2.75, 3.05) is 21.1 Å². The van der Waals surface area contributed by atoms with Gasteiger partial charge in [0.15, 0.2) is 5.54 Å². The number of benzene rings is 2. The number of fused-ring (bicyclic) bond motifs is 5. The second-order valence-electron chi connectivity index (χ2n) is 10.5. The summed E-state index contributed by atoms with van der Waals surface area (Å²) in [7, 11) is 5.15. The first-order chi connectivity index (χ1) is 18.1. The molecule has 7 rings (SSSR count). The van der Waals surface area contributed by atoms with Crippen molar-refractivity contribution < 1.29 is 19.2 Å². The summed E-state index contributed by atoms with van der Waals surface area (Å²) < 4.78 is 2.72. The van der Waals surface area contributed by atoms with E-state index in [0.717, 1.165) is 43.1 Å². The third-order valence-electron chi connectivity index (χ3n) is 8.79. The molecule has 38 heavy (non-hydrogen) atoms. The molecule has 4 heterocycles. The van der Waals surface area contributed by atoms with Gasteiger partial charge in [0, 0.05) is 38.9 Å². The van der Waals surface area contributed by atoms with Gasteiger partial charge in [-0.05, 0) is 29.3 Å². The maximum absolute atomic E-state index is 14.6.